The van der Waals surface area contributed by atoms with Gasteiger partial charge in [0.1, 0.15) is 0 Å². The Kier molecular flexibility index (Phi) is 2.36. The van der Waals surface area contributed by atoms with Crippen LogP contribution in [0.5, 0.6) is 0 Å². The first-order chi connectivity index (χ1) is 6.59. The van der Waals surface area contributed by atoms with Gasteiger partial charge in [0.2, 0.25) is 0 Å². The largest absolute Gasteiger partial charge is 0.0844 e. The molecule has 0 nitrogen and oxygen atoms in total. The summed E-state index contributed by atoms with van der Waals surface area (Å²) >= 11 is 0. The van der Waals surface area contributed by atoms with Gasteiger partial charge in [-0.25, -0.2) is 0 Å². The zero-order valence-electron chi connectivity index (χ0n) is 9.30. The van der Waals surface area contributed by atoms with Gasteiger partial charge in [-0.05, 0) is 24.0 Å². The fourth-order valence-corrected chi connectivity index (χ4v) is 4.00. The lowest BCUT2D eigenvalue weighted by Gasteiger charge is -2.26. The van der Waals surface area contributed by atoms with Gasteiger partial charge in [0, 0.05) is 0 Å². The van der Waals surface area contributed by atoms with E-state index in [1.165, 1.54) is 18.4 Å². The molecule has 0 unspecified atom stereocenters. The zero-order chi connectivity index (χ0) is 10.2. The minimum Gasteiger partial charge on any atom is -0.0844 e. The van der Waals surface area contributed by atoms with Gasteiger partial charge in [0.15, 0.2) is 0 Å². The Labute approximate surface area is 87.7 Å². The van der Waals surface area contributed by atoms with Crippen LogP contribution in [-0.4, -0.2) is 8.07 Å². The van der Waals surface area contributed by atoms with E-state index in [1.54, 1.807) is 10.8 Å². The van der Waals surface area contributed by atoms with Crippen LogP contribution in [0.15, 0.2) is 30.3 Å². The number of rotatable bonds is 1. The first-order valence-electron chi connectivity index (χ1n) is 5.38. The first kappa shape index (κ1) is 9.72. The van der Waals surface area contributed by atoms with Crippen LogP contribution in [0.2, 0.25) is 19.6 Å². The van der Waals surface area contributed by atoms with E-state index in [1.807, 2.05) is 0 Å². The molecule has 1 aromatic carbocycles. The molecular weight excluding hydrogens is 184 g/mol. The molecule has 1 aliphatic rings. The average molecular weight is 202 g/mol. The van der Waals surface area contributed by atoms with E-state index in [9.17, 15) is 0 Å². The second-order valence-electron chi connectivity index (χ2n) is 5.06. The molecule has 0 N–H and O–H groups in total. The lowest BCUT2D eigenvalue weighted by molar-refractivity contribution is 0.981. The molecule has 0 bridgehead atoms. The Morgan fingerprint density at radius 2 is 1.79 bits per heavy atom. The van der Waals surface area contributed by atoms with Crippen LogP contribution >= 0.6 is 0 Å². The molecule has 0 aromatic heterocycles. The highest BCUT2D eigenvalue weighted by atomic mass is 28.3. The molecule has 1 aliphatic carbocycles. The molecular formula is C13H18Si. The molecule has 0 heterocycles. The standard InChI is InChI=1S/C13H18Si/c1-14(2,3)13-10-6-8-11-7-4-5-9-12(11)13/h4-5,7,9-10H,6,8H2,1-3H3. The van der Waals surface area contributed by atoms with Crippen molar-refractivity contribution in [3.8, 4) is 0 Å². The van der Waals surface area contributed by atoms with Crippen molar-refractivity contribution in [2.45, 2.75) is 32.5 Å². The van der Waals surface area contributed by atoms with Gasteiger partial charge < -0.3 is 0 Å². The Balaban J connectivity index is 2.51. The minimum atomic E-state index is -1.15. The first-order valence-corrected chi connectivity index (χ1v) is 8.88. The van der Waals surface area contributed by atoms with Crippen molar-refractivity contribution < 1.29 is 0 Å². The van der Waals surface area contributed by atoms with Crippen LogP contribution in [0.25, 0.3) is 5.20 Å². The van der Waals surface area contributed by atoms with Crippen molar-refractivity contribution in [3.05, 3.63) is 41.5 Å². The molecule has 1 heteroatoms. The van der Waals surface area contributed by atoms with E-state index in [4.69, 9.17) is 0 Å². The molecule has 1 aromatic rings. The van der Waals surface area contributed by atoms with Crippen molar-refractivity contribution in [3.63, 3.8) is 0 Å². The molecule has 14 heavy (non-hydrogen) atoms. The molecule has 0 saturated heterocycles. The van der Waals surface area contributed by atoms with Gasteiger partial charge >= 0.3 is 0 Å². The van der Waals surface area contributed by atoms with Gasteiger partial charge in [-0.1, -0.05) is 55.2 Å². The number of hydrogen-bond donors (Lipinski definition) is 0. The smallest absolute Gasteiger partial charge is 0.0779 e. The predicted molar refractivity (Wildman–Crippen MR) is 66.1 cm³/mol. The topological polar surface area (TPSA) is 0 Å². The summed E-state index contributed by atoms with van der Waals surface area (Å²) in [6.07, 6.45) is 4.93. The highest BCUT2D eigenvalue weighted by Crippen LogP contribution is 2.32. The van der Waals surface area contributed by atoms with Crippen LogP contribution in [0.4, 0.5) is 0 Å². The Morgan fingerprint density at radius 1 is 1.07 bits per heavy atom. The van der Waals surface area contributed by atoms with Gasteiger partial charge in [-0.15, -0.1) is 0 Å². The summed E-state index contributed by atoms with van der Waals surface area (Å²) in [6, 6.07) is 8.89. The number of allylic oxidation sites excluding steroid dienone is 1. The van der Waals surface area contributed by atoms with Crippen molar-refractivity contribution in [1.82, 2.24) is 0 Å². The second kappa shape index (κ2) is 3.39. The van der Waals surface area contributed by atoms with E-state index in [0.717, 1.165) is 0 Å². The third-order valence-corrected chi connectivity index (χ3v) is 4.97. The van der Waals surface area contributed by atoms with Crippen LogP contribution < -0.4 is 0 Å². The molecule has 0 spiro atoms. The molecule has 0 aliphatic heterocycles. The number of hydrogen-bond acceptors (Lipinski definition) is 0. The highest BCUT2D eigenvalue weighted by Gasteiger charge is 2.24. The Bertz CT molecular complexity index is 369. The summed E-state index contributed by atoms with van der Waals surface area (Å²) < 4.78 is 0. The maximum atomic E-state index is 2.47. The maximum Gasteiger partial charge on any atom is 0.0779 e. The van der Waals surface area contributed by atoms with Crippen molar-refractivity contribution in [1.29, 1.82) is 0 Å². The molecule has 0 atom stereocenters. The molecule has 0 amide bonds. The predicted octanol–water partition coefficient (Wildman–Crippen LogP) is 3.89. The second-order valence-corrected chi connectivity index (χ2v) is 10.1. The molecule has 74 valence electrons. The molecule has 2 rings (SSSR count). The summed E-state index contributed by atoms with van der Waals surface area (Å²) in [7, 11) is -1.15. The van der Waals surface area contributed by atoms with Crippen LogP contribution in [-0.2, 0) is 6.42 Å². The van der Waals surface area contributed by atoms with Gasteiger partial charge in [0.25, 0.3) is 0 Å². The number of aryl methyl sites for hydroxylation is 1. The van der Waals surface area contributed by atoms with Gasteiger partial charge in [-0.3, -0.25) is 0 Å². The average Bonchev–Trinajstić information content (AvgIpc) is 2.15. The van der Waals surface area contributed by atoms with Crippen LogP contribution in [0.1, 0.15) is 17.5 Å². The highest BCUT2D eigenvalue weighted by molar-refractivity contribution is 6.93. The molecule has 0 radical (unpaired) electrons. The fraction of sp³-hybridized carbons (Fsp3) is 0.385. The van der Waals surface area contributed by atoms with Crippen molar-refractivity contribution >= 4 is 13.3 Å². The Hall–Kier alpha value is -0.823. The lowest BCUT2D eigenvalue weighted by Crippen LogP contribution is -2.24. The van der Waals surface area contributed by atoms with E-state index >= 15 is 0 Å². The summed E-state index contributed by atoms with van der Waals surface area (Å²) in [6.45, 7) is 7.29. The Morgan fingerprint density at radius 3 is 2.50 bits per heavy atom. The van der Waals surface area contributed by atoms with E-state index < -0.39 is 8.07 Å². The van der Waals surface area contributed by atoms with E-state index in [0.29, 0.717) is 0 Å². The monoisotopic (exact) mass is 202 g/mol. The van der Waals surface area contributed by atoms with E-state index in [-0.39, 0.29) is 0 Å². The van der Waals surface area contributed by atoms with Crippen molar-refractivity contribution in [2.75, 3.05) is 0 Å². The van der Waals surface area contributed by atoms with Crippen LogP contribution in [0.3, 0.4) is 0 Å². The molecule has 0 fully saturated rings. The zero-order valence-corrected chi connectivity index (χ0v) is 10.3. The lowest BCUT2D eigenvalue weighted by atomic mass is 9.97. The summed E-state index contributed by atoms with van der Waals surface area (Å²) in [5, 5.41) is 1.65. The molecule has 0 saturated carbocycles. The van der Waals surface area contributed by atoms with Crippen molar-refractivity contribution in [2.24, 2.45) is 0 Å². The maximum absolute atomic E-state index is 2.47. The third-order valence-electron chi connectivity index (χ3n) is 2.88. The normalized spacial score (nSPS) is 16.1. The third kappa shape index (κ3) is 1.69. The summed E-state index contributed by atoms with van der Waals surface area (Å²) in [4.78, 5) is 0. The van der Waals surface area contributed by atoms with Crippen LogP contribution in [0, 0.1) is 0 Å². The SMILES string of the molecule is C[Si](C)(C)C1=CCCc2ccccc21. The minimum absolute atomic E-state index is 1.15. The summed E-state index contributed by atoms with van der Waals surface area (Å²) in [5.41, 5.74) is 3.07. The summed E-state index contributed by atoms with van der Waals surface area (Å²) in [5.74, 6) is 0. The quantitative estimate of drug-likeness (QED) is 0.606. The van der Waals surface area contributed by atoms with Gasteiger partial charge in [-0.2, -0.15) is 0 Å². The number of benzene rings is 1. The van der Waals surface area contributed by atoms with E-state index in [2.05, 4.69) is 50.0 Å². The number of fused-ring (bicyclic) bond motifs is 1. The fourth-order valence-electron chi connectivity index (χ4n) is 2.19. The van der Waals surface area contributed by atoms with Gasteiger partial charge in [0.05, 0.1) is 8.07 Å².